The monoisotopic (exact) mass is 326 g/mol. The molecule has 1 aliphatic rings. The Morgan fingerprint density at radius 1 is 1.41 bits per heavy atom. The Kier molecular flexibility index (Phi) is 5.42. The fourth-order valence-electron chi connectivity index (χ4n) is 2.55. The van der Waals surface area contributed by atoms with E-state index in [0.717, 1.165) is 15.6 Å². The number of ether oxygens (including phenoxy) is 1. The van der Waals surface area contributed by atoms with Gasteiger partial charge >= 0.3 is 10.2 Å². The van der Waals surface area contributed by atoms with Gasteiger partial charge in [0.1, 0.15) is 5.75 Å². The van der Waals surface area contributed by atoms with E-state index in [1.54, 1.807) is 0 Å². The SMILES string of the molecule is CCCN(C)S(=O)(=O)NC(=O)CC1CCOc2ccccc21. The Labute approximate surface area is 131 Å². The third-order valence-electron chi connectivity index (χ3n) is 3.71. The predicted octanol–water partition coefficient (Wildman–Crippen LogP) is 1.65. The number of nitrogens with one attached hydrogen (secondary N) is 1. The van der Waals surface area contributed by atoms with Gasteiger partial charge in [0, 0.05) is 20.0 Å². The lowest BCUT2D eigenvalue weighted by Crippen LogP contribution is -2.42. The highest BCUT2D eigenvalue weighted by molar-refractivity contribution is 7.87. The van der Waals surface area contributed by atoms with Gasteiger partial charge in [0.2, 0.25) is 5.91 Å². The lowest BCUT2D eigenvalue weighted by molar-refractivity contribution is -0.119. The molecule has 122 valence electrons. The number of nitrogens with zero attached hydrogens (tertiary/aromatic N) is 1. The van der Waals surface area contributed by atoms with Crippen molar-refractivity contribution in [2.75, 3.05) is 20.2 Å². The molecule has 1 aromatic rings. The summed E-state index contributed by atoms with van der Waals surface area (Å²) in [5.74, 6) is 0.277. The van der Waals surface area contributed by atoms with E-state index in [4.69, 9.17) is 4.74 Å². The Bertz CT molecular complexity index is 630. The van der Waals surface area contributed by atoms with Crippen LogP contribution in [0.5, 0.6) is 5.75 Å². The number of carbonyl (C=O) groups is 1. The number of fused-ring (bicyclic) bond motifs is 1. The van der Waals surface area contributed by atoms with Crippen LogP contribution < -0.4 is 9.46 Å². The minimum atomic E-state index is -3.75. The van der Waals surface area contributed by atoms with Crippen LogP contribution in [0.1, 0.15) is 37.7 Å². The summed E-state index contributed by atoms with van der Waals surface area (Å²) in [6.07, 6.45) is 1.54. The van der Waals surface area contributed by atoms with Gasteiger partial charge in [-0.15, -0.1) is 0 Å². The molecular formula is C15H22N2O4S. The zero-order valence-electron chi connectivity index (χ0n) is 12.9. The number of carbonyl (C=O) groups excluding carboxylic acids is 1. The standard InChI is InChI=1S/C15H22N2O4S/c1-3-9-17(2)22(19,20)16-15(18)11-12-8-10-21-14-7-5-4-6-13(12)14/h4-7,12H,3,8-11H2,1-2H3,(H,16,18). The van der Waals surface area contributed by atoms with Crippen molar-refractivity contribution in [2.24, 2.45) is 0 Å². The Hall–Kier alpha value is -1.60. The highest BCUT2D eigenvalue weighted by Crippen LogP contribution is 2.35. The maximum atomic E-state index is 12.1. The summed E-state index contributed by atoms with van der Waals surface area (Å²) in [7, 11) is -2.29. The van der Waals surface area contributed by atoms with Gasteiger partial charge in [0.25, 0.3) is 0 Å². The normalized spacial score (nSPS) is 17.7. The molecule has 0 saturated heterocycles. The maximum absolute atomic E-state index is 12.1. The Morgan fingerprint density at radius 2 is 2.14 bits per heavy atom. The Morgan fingerprint density at radius 3 is 2.86 bits per heavy atom. The molecule has 1 aliphatic heterocycles. The summed E-state index contributed by atoms with van der Waals surface area (Å²) >= 11 is 0. The molecule has 1 N–H and O–H groups in total. The van der Waals surface area contributed by atoms with Gasteiger partial charge in [0.05, 0.1) is 6.61 Å². The van der Waals surface area contributed by atoms with Crippen LogP contribution in [0.25, 0.3) is 0 Å². The largest absolute Gasteiger partial charge is 0.493 e. The molecule has 1 amide bonds. The van der Waals surface area contributed by atoms with Crippen molar-refractivity contribution < 1.29 is 17.9 Å². The third-order valence-corrected chi connectivity index (χ3v) is 5.19. The molecule has 1 atom stereocenters. The molecule has 0 aliphatic carbocycles. The second kappa shape index (κ2) is 7.11. The summed E-state index contributed by atoms with van der Waals surface area (Å²) < 4.78 is 32.8. The quantitative estimate of drug-likeness (QED) is 0.862. The number of amides is 1. The van der Waals surface area contributed by atoms with Crippen LogP contribution in [0.4, 0.5) is 0 Å². The minimum absolute atomic E-state index is 0.0170. The second-order valence-corrected chi connectivity index (χ2v) is 7.21. The zero-order chi connectivity index (χ0) is 16.2. The molecule has 0 bridgehead atoms. The summed E-state index contributed by atoms with van der Waals surface area (Å²) in [4.78, 5) is 12.1. The first kappa shape index (κ1) is 16.8. The number of rotatable bonds is 6. The van der Waals surface area contributed by atoms with E-state index in [0.29, 0.717) is 26.0 Å². The highest BCUT2D eigenvalue weighted by Gasteiger charge is 2.26. The third kappa shape index (κ3) is 3.98. The van der Waals surface area contributed by atoms with E-state index >= 15 is 0 Å². The van der Waals surface area contributed by atoms with Crippen LogP contribution in [0.3, 0.4) is 0 Å². The second-order valence-electron chi connectivity index (χ2n) is 5.43. The fraction of sp³-hybridized carbons (Fsp3) is 0.533. The van der Waals surface area contributed by atoms with Crippen LogP contribution in [-0.4, -0.2) is 38.8 Å². The molecule has 0 spiro atoms. The molecule has 1 unspecified atom stereocenters. The predicted molar refractivity (Wildman–Crippen MR) is 83.9 cm³/mol. The van der Waals surface area contributed by atoms with E-state index in [2.05, 4.69) is 4.72 Å². The van der Waals surface area contributed by atoms with Crippen molar-refractivity contribution in [1.82, 2.24) is 9.03 Å². The van der Waals surface area contributed by atoms with Crippen molar-refractivity contribution in [3.63, 3.8) is 0 Å². The summed E-state index contributed by atoms with van der Waals surface area (Å²) in [6, 6.07) is 7.56. The van der Waals surface area contributed by atoms with Gasteiger partial charge in [-0.1, -0.05) is 25.1 Å². The van der Waals surface area contributed by atoms with Crippen molar-refractivity contribution in [3.8, 4) is 5.75 Å². The molecule has 22 heavy (non-hydrogen) atoms. The van der Waals surface area contributed by atoms with E-state index in [-0.39, 0.29) is 12.3 Å². The van der Waals surface area contributed by atoms with E-state index < -0.39 is 16.1 Å². The molecule has 0 aromatic heterocycles. The van der Waals surface area contributed by atoms with Crippen molar-refractivity contribution in [3.05, 3.63) is 29.8 Å². The van der Waals surface area contributed by atoms with E-state index in [1.807, 2.05) is 31.2 Å². The minimum Gasteiger partial charge on any atom is -0.493 e. The lowest BCUT2D eigenvalue weighted by atomic mass is 9.90. The summed E-state index contributed by atoms with van der Waals surface area (Å²) in [5.41, 5.74) is 0.961. The number of benzene rings is 1. The van der Waals surface area contributed by atoms with Crippen LogP contribution in [-0.2, 0) is 15.0 Å². The summed E-state index contributed by atoms with van der Waals surface area (Å²) in [5, 5.41) is 0. The van der Waals surface area contributed by atoms with Crippen molar-refractivity contribution in [1.29, 1.82) is 0 Å². The van der Waals surface area contributed by atoms with Gasteiger partial charge in [0.15, 0.2) is 0 Å². The van der Waals surface area contributed by atoms with Crippen molar-refractivity contribution in [2.45, 2.75) is 32.1 Å². The highest BCUT2D eigenvalue weighted by atomic mass is 32.2. The molecule has 2 rings (SSSR count). The van der Waals surface area contributed by atoms with Gasteiger partial charge in [-0.25, -0.2) is 4.72 Å². The molecular weight excluding hydrogens is 304 g/mol. The van der Waals surface area contributed by atoms with Crippen LogP contribution in [0, 0.1) is 0 Å². The maximum Gasteiger partial charge on any atom is 0.303 e. The van der Waals surface area contributed by atoms with Gasteiger partial charge in [-0.05, 0) is 30.4 Å². The van der Waals surface area contributed by atoms with Crippen molar-refractivity contribution >= 4 is 16.1 Å². The first-order valence-corrected chi connectivity index (χ1v) is 8.86. The van der Waals surface area contributed by atoms with E-state index in [1.165, 1.54) is 7.05 Å². The smallest absolute Gasteiger partial charge is 0.303 e. The average Bonchev–Trinajstić information content (AvgIpc) is 2.47. The number of para-hydroxylation sites is 1. The van der Waals surface area contributed by atoms with Crippen LogP contribution in [0.2, 0.25) is 0 Å². The first-order valence-electron chi connectivity index (χ1n) is 7.42. The van der Waals surface area contributed by atoms with Crippen LogP contribution >= 0.6 is 0 Å². The topological polar surface area (TPSA) is 75.7 Å². The average molecular weight is 326 g/mol. The zero-order valence-corrected chi connectivity index (χ0v) is 13.7. The molecule has 7 heteroatoms. The summed E-state index contributed by atoms with van der Waals surface area (Å²) in [6.45, 7) is 2.80. The molecule has 1 aromatic carbocycles. The van der Waals surface area contributed by atoms with Crippen LogP contribution in [0.15, 0.2) is 24.3 Å². The molecule has 0 saturated carbocycles. The molecule has 0 radical (unpaired) electrons. The number of hydrogen-bond donors (Lipinski definition) is 1. The first-order chi connectivity index (χ1) is 10.4. The van der Waals surface area contributed by atoms with Gasteiger partial charge < -0.3 is 4.74 Å². The lowest BCUT2D eigenvalue weighted by Gasteiger charge is -2.25. The van der Waals surface area contributed by atoms with Gasteiger partial charge in [-0.2, -0.15) is 12.7 Å². The Balaban J connectivity index is 2.02. The van der Waals surface area contributed by atoms with Gasteiger partial charge in [-0.3, -0.25) is 4.79 Å². The number of hydrogen-bond acceptors (Lipinski definition) is 4. The molecule has 6 nitrogen and oxygen atoms in total. The fourth-order valence-corrected chi connectivity index (χ4v) is 3.50. The molecule has 1 heterocycles. The van der Waals surface area contributed by atoms with E-state index in [9.17, 15) is 13.2 Å². The molecule has 0 fully saturated rings.